The second kappa shape index (κ2) is 11.4. The van der Waals surface area contributed by atoms with E-state index < -0.39 is 5.97 Å². The van der Waals surface area contributed by atoms with Crippen LogP contribution >= 0.6 is 0 Å². The zero-order valence-electron chi connectivity index (χ0n) is 18.7. The number of rotatable bonds is 5. The Labute approximate surface area is 184 Å². The number of fused-ring (bicyclic) bond motifs is 1. The number of allylic oxidation sites excluding steroid dienone is 1. The van der Waals surface area contributed by atoms with Gasteiger partial charge in [-0.25, -0.2) is 9.80 Å². The van der Waals surface area contributed by atoms with Crippen LogP contribution in [0.4, 0.5) is 0 Å². The van der Waals surface area contributed by atoms with E-state index in [-0.39, 0.29) is 5.70 Å². The van der Waals surface area contributed by atoms with Crippen molar-refractivity contribution < 1.29 is 14.3 Å². The van der Waals surface area contributed by atoms with E-state index in [0.29, 0.717) is 12.4 Å². The molecular formula is C26H28N2O3. The van der Waals surface area contributed by atoms with Gasteiger partial charge in [0.2, 0.25) is 0 Å². The number of ether oxygens (including phenoxy) is 2. The van der Waals surface area contributed by atoms with Gasteiger partial charge in [0.15, 0.2) is 11.5 Å². The highest BCUT2D eigenvalue weighted by atomic mass is 16.5. The Bertz CT molecular complexity index is 1040. The first-order chi connectivity index (χ1) is 15.1. The topological polar surface area (TPSA) is 51.1 Å². The highest BCUT2D eigenvalue weighted by Crippen LogP contribution is 2.40. The molecular weight excluding hydrogens is 388 g/mol. The summed E-state index contributed by atoms with van der Waals surface area (Å²) in [6.45, 7) is 7.95. The number of hydrogen-bond donors (Lipinski definition) is 0. The quantitative estimate of drug-likeness (QED) is 0.370. The van der Waals surface area contributed by atoms with Crippen molar-refractivity contribution in [3.05, 3.63) is 82.6 Å². The van der Waals surface area contributed by atoms with Gasteiger partial charge in [-0.05, 0) is 37.6 Å². The lowest BCUT2D eigenvalue weighted by atomic mass is 9.94. The summed E-state index contributed by atoms with van der Waals surface area (Å²) in [6, 6.07) is 15.3. The molecule has 160 valence electrons. The van der Waals surface area contributed by atoms with E-state index in [2.05, 4.69) is 11.0 Å². The van der Waals surface area contributed by atoms with Crippen molar-refractivity contribution in [3.8, 4) is 12.3 Å². The molecule has 0 atom stereocenters. The maximum absolute atomic E-state index is 12.7. The van der Waals surface area contributed by atoms with Gasteiger partial charge in [-0.2, -0.15) is 5.10 Å². The standard InChI is InChI=1S/C24H22N2O3.C2H6/c1-5-17-13-14-19-20(15-17)21(6-2)26(25-7-3)22(24(27)28-4)23(19)29-16-18-11-9-8-10-12-18;1-2/h1,6-15H,16H2,2-4H3;1-2H3/b21-6+,25-7-;. The summed E-state index contributed by atoms with van der Waals surface area (Å²) in [5.41, 5.74) is 4.25. The average Bonchev–Trinajstić information content (AvgIpc) is 2.83. The molecule has 2 aromatic rings. The fraction of sp³-hybridized carbons (Fsp3) is 0.231. The summed E-state index contributed by atoms with van der Waals surface area (Å²) in [4.78, 5) is 12.7. The molecule has 0 saturated heterocycles. The molecule has 5 heteroatoms. The van der Waals surface area contributed by atoms with E-state index in [1.165, 1.54) is 12.1 Å². The predicted octanol–water partition coefficient (Wildman–Crippen LogP) is 5.43. The van der Waals surface area contributed by atoms with E-state index in [1.54, 1.807) is 13.1 Å². The molecule has 0 amide bonds. The third kappa shape index (κ3) is 5.04. The second-order valence-electron chi connectivity index (χ2n) is 6.21. The van der Waals surface area contributed by atoms with Crippen LogP contribution in [0.25, 0.3) is 11.5 Å². The maximum atomic E-state index is 12.7. The Morgan fingerprint density at radius 3 is 2.42 bits per heavy atom. The molecule has 1 heterocycles. The van der Waals surface area contributed by atoms with Crippen LogP contribution in [0.1, 0.15) is 49.9 Å². The predicted molar refractivity (Wildman–Crippen MR) is 126 cm³/mol. The van der Waals surface area contributed by atoms with Crippen LogP contribution in [-0.4, -0.2) is 24.3 Å². The second-order valence-corrected chi connectivity index (χ2v) is 6.21. The first-order valence-corrected chi connectivity index (χ1v) is 10.2. The highest BCUT2D eigenvalue weighted by Gasteiger charge is 2.35. The van der Waals surface area contributed by atoms with E-state index in [9.17, 15) is 4.79 Å². The first kappa shape index (κ1) is 23.5. The number of terminal acetylenes is 1. The minimum absolute atomic E-state index is 0.218. The van der Waals surface area contributed by atoms with Crippen molar-refractivity contribution in [2.24, 2.45) is 5.10 Å². The van der Waals surface area contributed by atoms with Gasteiger partial charge >= 0.3 is 5.97 Å². The summed E-state index contributed by atoms with van der Waals surface area (Å²) in [6.07, 6.45) is 9.09. The van der Waals surface area contributed by atoms with Crippen molar-refractivity contribution in [1.82, 2.24) is 5.01 Å². The number of carbonyl (C=O) groups excluding carboxylic acids is 1. The Kier molecular flexibility index (Phi) is 8.65. The Balaban J connectivity index is 0.00000166. The Hall–Kier alpha value is -3.78. The highest BCUT2D eigenvalue weighted by molar-refractivity contribution is 6.01. The smallest absolute Gasteiger partial charge is 0.360 e. The third-order valence-electron chi connectivity index (χ3n) is 4.47. The molecule has 0 radical (unpaired) electrons. The maximum Gasteiger partial charge on any atom is 0.360 e. The van der Waals surface area contributed by atoms with Crippen LogP contribution in [-0.2, 0) is 20.9 Å². The monoisotopic (exact) mass is 416 g/mol. The fourth-order valence-corrected chi connectivity index (χ4v) is 3.17. The van der Waals surface area contributed by atoms with Gasteiger partial charge in [-0.1, -0.05) is 56.2 Å². The summed E-state index contributed by atoms with van der Waals surface area (Å²) in [5, 5.41) is 5.93. The fourth-order valence-electron chi connectivity index (χ4n) is 3.17. The molecule has 5 nitrogen and oxygen atoms in total. The largest absolute Gasteiger partial charge is 0.486 e. The van der Waals surface area contributed by atoms with Gasteiger partial charge in [0.25, 0.3) is 0 Å². The van der Waals surface area contributed by atoms with Crippen molar-refractivity contribution in [2.75, 3.05) is 7.11 Å². The van der Waals surface area contributed by atoms with Crippen LogP contribution in [0.5, 0.6) is 0 Å². The van der Waals surface area contributed by atoms with Gasteiger partial charge in [0.1, 0.15) is 6.61 Å². The normalized spacial score (nSPS) is 13.9. The zero-order valence-corrected chi connectivity index (χ0v) is 18.7. The van der Waals surface area contributed by atoms with Crippen molar-refractivity contribution in [3.63, 3.8) is 0 Å². The van der Waals surface area contributed by atoms with Crippen LogP contribution in [0.2, 0.25) is 0 Å². The van der Waals surface area contributed by atoms with E-state index >= 15 is 0 Å². The molecule has 0 bridgehead atoms. The number of nitrogens with zero attached hydrogens (tertiary/aromatic N) is 2. The summed E-state index contributed by atoms with van der Waals surface area (Å²) >= 11 is 0. The van der Waals surface area contributed by atoms with Crippen molar-refractivity contribution >= 4 is 23.6 Å². The number of esters is 1. The van der Waals surface area contributed by atoms with E-state index in [1.807, 2.05) is 75.4 Å². The molecule has 0 aliphatic carbocycles. The molecule has 2 aromatic carbocycles. The molecule has 0 saturated carbocycles. The molecule has 0 fully saturated rings. The van der Waals surface area contributed by atoms with Gasteiger partial charge in [0.05, 0.1) is 12.8 Å². The minimum atomic E-state index is -0.537. The number of hydrogen-bond acceptors (Lipinski definition) is 5. The Morgan fingerprint density at radius 1 is 1.13 bits per heavy atom. The molecule has 0 spiro atoms. The zero-order chi connectivity index (χ0) is 22.8. The minimum Gasteiger partial charge on any atom is -0.486 e. The third-order valence-corrected chi connectivity index (χ3v) is 4.47. The van der Waals surface area contributed by atoms with Crippen LogP contribution in [0, 0.1) is 12.3 Å². The van der Waals surface area contributed by atoms with E-state index in [0.717, 1.165) is 28.0 Å². The summed E-state index contributed by atoms with van der Waals surface area (Å²) < 4.78 is 11.2. The van der Waals surface area contributed by atoms with Gasteiger partial charge < -0.3 is 9.47 Å². The van der Waals surface area contributed by atoms with Gasteiger partial charge in [0, 0.05) is 22.9 Å². The summed E-state index contributed by atoms with van der Waals surface area (Å²) in [5.74, 6) is 2.51. The van der Waals surface area contributed by atoms with Crippen LogP contribution in [0.3, 0.4) is 0 Å². The molecule has 0 aromatic heterocycles. The van der Waals surface area contributed by atoms with Crippen molar-refractivity contribution in [1.29, 1.82) is 0 Å². The molecule has 3 rings (SSSR count). The number of hydrazone groups is 1. The van der Waals surface area contributed by atoms with Crippen LogP contribution in [0.15, 0.2) is 65.4 Å². The number of benzene rings is 2. The van der Waals surface area contributed by atoms with Gasteiger partial charge in [-0.15, -0.1) is 6.42 Å². The molecule has 0 unspecified atom stereocenters. The first-order valence-electron chi connectivity index (χ1n) is 10.2. The Morgan fingerprint density at radius 2 is 1.84 bits per heavy atom. The molecule has 1 aliphatic heterocycles. The average molecular weight is 417 g/mol. The molecule has 31 heavy (non-hydrogen) atoms. The van der Waals surface area contributed by atoms with Crippen molar-refractivity contribution in [2.45, 2.75) is 34.3 Å². The summed E-state index contributed by atoms with van der Waals surface area (Å²) in [7, 11) is 1.34. The molecule has 1 aliphatic rings. The lowest BCUT2D eigenvalue weighted by Crippen LogP contribution is -2.29. The van der Waals surface area contributed by atoms with E-state index in [4.69, 9.17) is 15.9 Å². The lowest BCUT2D eigenvalue weighted by molar-refractivity contribution is -0.137. The number of methoxy groups -OCH3 is 1. The lowest BCUT2D eigenvalue weighted by Gasteiger charge is -2.32. The number of carbonyl (C=O) groups is 1. The SMILES string of the molecule is C#Cc1ccc2c(c1)/C(=C\C)N(/N=C\C)C(C(=O)OC)=C2OCc1ccccc1.CC. The molecule has 0 N–H and O–H groups in total. The van der Waals surface area contributed by atoms with Gasteiger partial charge in [-0.3, -0.25) is 0 Å². The van der Waals surface area contributed by atoms with Crippen LogP contribution < -0.4 is 0 Å².